The maximum Gasteiger partial charge on any atom is 0.320 e. The second-order valence-electron chi connectivity index (χ2n) is 5.83. The van der Waals surface area contributed by atoms with Gasteiger partial charge in [0.15, 0.2) is 0 Å². The number of rotatable bonds is 2. The molecule has 0 aromatic carbocycles. The second-order valence-corrected chi connectivity index (χ2v) is 6.98. The minimum atomic E-state index is -0.849. The van der Waals surface area contributed by atoms with Crippen molar-refractivity contribution in [2.45, 2.75) is 31.9 Å². The second kappa shape index (κ2) is 6.22. The van der Waals surface area contributed by atoms with Crippen LogP contribution >= 0.6 is 11.8 Å². The van der Waals surface area contributed by atoms with Crippen LogP contribution in [-0.2, 0) is 9.53 Å². The SMILES string of the molecule is CC1(C)CN(C(=O)N2CCSCC2CC(=O)O)CCO1. The third-order valence-corrected chi connectivity index (χ3v) is 4.67. The number of amides is 2. The predicted molar refractivity (Wildman–Crippen MR) is 77.1 cm³/mol. The molecule has 20 heavy (non-hydrogen) atoms. The first-order valence-electron chi connectivity index (χ1n) is 6.88. The number of hydrogen-bond donors (Lipinski definition) is 1. The van der Waals surface area contributed by atoms with Gasteiger partial charge in [0.25, 0.3) is 0 Å². The fourth-order valence-corrected chi connectivity index (χ4v) is 3.70. The summed E-state index contributed by atoms with van der Waals surface area (Å²) in [7, 11) is 0. The Morgan fingerprint density at radius 1 is 1.40 bits per heavy atom. The topological polar surface area (TPSA) is 70.1 Å². The number of nitrogens with zero attached hydrogens (tertiary/aromatic N) is 2. The van der Waals surface area contributed by atoms with Gasteiger partial charge in [0.2, 0.25) is 0 Å². The number of aliphatic carboxylic acids is 1. The smallest absolute Gasteiger partial charge is 0.320 e. The summed E-state index contributed by atoms with van der Waals surface area (Å²) >= 11 is 1.71. The summed E-state index contributed by atoms with van der Waals surface area (Å²) < 4.78 is 5.61. The lowest BCUT2D eigenvalue weighted by Crippen LogP contribution is -2.58. The summed E-state index contributed by atoms with van der Waals surface area (Å²) in [5.74, 6) is 0.721. The number of carbonyl (C=O) groups excluding carboxylic acids is 1. The zero-order valence-electron chi connectivity index (χ0n) is 12.0. The van der Waals surface area contributed by atoms with Crippen LogP contribution in [0.25, 0.3) is 0 Å². The average molecular weight is 302 g/mol. The molecule has 114 valence electrons. The van der Waals surface area contributed by atoms with Gasteiger partial charge in [-0.1, -0.05) is 0 Å². The number of carbonyl (C=O) groups is 2. The molecule has 1 N–H and O–H groups in total. The fraction of sp³-hybridized carbons (Fsp3) is 0.846. The van der Waals surface area contributed by atoms with E-state index >= 15 is 0 Å². The maximum atomic E-state index is 12.6. The standard InChI is InChI=1S/C13H22N2O4S/c1-13(2)9-14(3-5-19-13)12(18)15-4-6-20-8-10(15)7-11(16)17/h10H,3-9H2,1-2H3,(H,16,17). The Morgan fingerprint density at radius 2 is 2.15 bits per heavy atom. The quantitative estimate of drug-likeness (QED) is 0.827. The average Bonchev–Trinajstić information content (AvgIpc) is 2.36. The van der Waals surface area contributed by atoms with Crippen LogP contribution in [0.15, 0.2) is 0 Å². The Balaban J connectivity index is 2.03. The Morgan fingerprint density at radius 3 is 2.80 bits per heavy atom. The molecule has 2 rings (SSSR count). The summed E-state index contributed by atoms with van der Waals surface area (Å²) in [5, 5.41) is 8.98. The summed E-state index contributed by atoms with van der Waals surface area (Å²) in [6, 6.07) is -0.252. The normalized spacial score (nSPS) is 26.4. The van der Waals surface area contributed by atoms with E-state index in [0.29, 0.717) is 32.0 Å². The molecular weight excluding hydrogens is 280 g/mol. The molecule has 2 heterocycles. The Hall–Kier alpha value is -0.950. The predicted octanol–water partition coefficient (Wildman–Crippen LogP) is 1.11. The first kappa shape index (κ1) is 15.4. The van der Waals surface area contributed by atoms with E-state index in [4.69, 9.17) is 9.84 Å². The zero-order chi connectivity index (χ0) is 14.8. The van der Waals surface area contributed by atoms with Gasteiger partial charge in [-0.25, -0.2) is 4.79 Å². The van der Waals surface area contributed by atoms with Crippen molar-refractivity contribution in [1.82, 2.24) is 9.80 Å². The fourth-order valence-electron chi connectivity index (χ4n) is 2.64. The lowest BCUT2D eigenvalue weighted by atomic mass is 10.1. The number of carboxylic acid groups (broad SMARTS) is 1. The van der Waals surface area contributed by atoms with E-state index in [1.54, 1.807) is 21.6 Å². The highest BCUT2D eigenvalue weighted by molar-refractivity contribution is 7.99. The summed E-state index contributed by atoms with van der Waals surface area (Å²) in [5.41, 5.74) is -0.333. The van der Waals surface area contributed by atoms with Gasteiger partial charge in [-0.05, 0) is 13.8 Å². The van der Waals surface area contributed by atoms with Crippen molar-refractivity contribution in [2.75, 3.05) is 37.7 Å². The molecule has 0 radical (unpaired) electrons. The minimum Gasteiger partial charge on any atom is -0.481 e. The minimum absolute atomic E-state index is 0.0203. The Labute approximate surface area is 123 Å². The molecule has 0 aromatic heterocycles. The van der Waals surface area contributed by atoms with E-state index in [9.17, 15) is 9.59 Å². The Bertz CT molecular complexity index is 389. The van der Waals surface area contributed by atoms with Crippen LogP contribution in [0.5, 0.6) is 0 Å². The van der Waals surface area contributed by atoms with E-state index in [2.05, 4.69) is 0 Å². The monoisotopic (exact) mass is 302 g/mol. The van der Waals surface area contributed by atoms with Crippen LogP contribution < -0.4 is 0 Å². The van der Waals surface area contributed by atoms with E-state index in [1.807, 2.05) is 13.8 Å². The van der Waals surface area contributed by atoms with Gasteiger partial charge >= 0.3 is 12.0 Å². The highest BCUT2D eigenvalue weighted by atomic mass is 32.2. The van der Waals surface area contributed by atoms with Crippen LogP contribution in [0, 0.1) is 0 Å². The van der Waals surface area contributed by atoms with Crippen molar-refractivity contribution < 1.29 is 19.4 Å². The number of thioether (sulfide) groups is 1. The van der Waals surface area contributed by atoms with E-state index < -0.39 is 5.97 Å². The number of ether oxygens (including phenoxy) is 1. The molecule has 2 aliphatic heterocycles. The van der Waals surface area contributed by atoms with Gasteiger partial charge in [-0.15, -0.1) is 0 Å². The summed E-state index contributed by atoms with van der Waals surface area (Å²) in [4.78, 5) is 27.1. The molecule has 0 bridgehead atoms. The van der Waals surface area contributed by atoms with Crippen LogP contribution in [0.4, 0.5) is 4.79 Å². The van der Waals surface area contributed by atoms with E-state index in [1.165, 1.54) is 0 Å². The molecule has 2 amide bonds. The molecule has 7 heteroatoms. The molecule has 0 aliphatic carbocycles. The number of hydrogen-bond acceptors (Lipinski definition) is 4. The molecule has 2 saturated heterocycles. The number of carboxylic acids is 1. The van der Waals surface area contributed by atoms with Crippen molar-refractivity contribution in [3.05, 3.63) is 0 Å². The van der Waals surface area contributed by atoms with E-state index in [-0.39, 0.29) is 24.1 Å². The molecule has 1 atom stereocenters. The molecular formula is C13H22N2O4S. The maximum absolute atomic E-state index is 12.6. The summed E-state index contributed by atoms with van der Waals surface area (Å²) in [6.07, 6.45) is 0.0203. The van der Waals surface area contributed by atoms with E-state index in [0.717, 1.165) is 5.75 Å². The third-order valence-electron chi connectivity index (χ3n) is 3.58. The van der Waals surface area contributed by atoms with Crippen molar-refractivity contribution in [3.8, 4) is 0 Å². The lowest BCUT2D eigenvalue weighted by molar-refractivity contribution is -0.138. The molecule has 2 aliphatic rings. The van der Waals surface area contributed by atoms with Gasteiger partial charge in [0.1, 0.15) is 0 Å². The third kappa shape index (κ3) is 3.79. The zero-order valence-corrected chi connectivity index (χ0v) is 12.8. The molecule has 6 nitrogen and oxygen atoms in total. The van der Waals surface area contributed by atoms with Crippen molar-refractivity contribution in [3.63, 3.8) is 0 Å². The van der Waals surface area contributed by atoms with Crippen molar-refractivity contribution >= 4 is 23.8 Å². The summed E-state index contributed by atoms with van der Waals surface area (Å²) in [6.45, 7) is 6.21. The van der Waals surface area contributed by atoms with Gasteiger partial charge in [-0.2, -0.15) is 11.8 Å². The molecule has 2 fully saturated rings. The van der Waals surface area contributed by atoms with Gasteiger partial charge in [-0.3, -0.25) is 4.79 Å². The van der Waals surface area contributed by atoms with Crippen molar-refractivity contribution in [1.29, 1.82) is 0 Å². The molecule has 1 unspecified atom stereocenters. The highest BCUT2D eigenvalue weighted by Gasteiger charge is 2.36. The van der Waals surface area contributed by atoms with Crippen LogP contribution in [-0.4, -0.2) is 76.3 Å². The van der Waals surface area contributed by atoms with Crippen molar-refractivity contribution in [2.24, 2.45) is 0 Å². The molecule has 0 saturated carbocycles. The lowest BCUT2D eigenvalue weighted by Gasteiger charge is -2.43. The van der Waals surface area contributed by atoms with Crippen LogP contribution in [0.1, 0.15) is 20.3 Å². The van der Waals surface area contributed by atoms with Crippen LogP contribution in [0.3, 0.4) is 0 Å². The number of urea groups is 1. The largest absolute Gasteiger partial charge is 0.481 e. The van der Waals surface area contributed by atoms with Gasteiger partial charge in [0, 0.05) is 24.6 Å². The van der Waals surface area contributed by atoms with Gasteiger partial charge in [0.05, 0.1) is 31.2 Å². The molecule has 0 spiro atoms. The first-order chi connectivity index (χ1) is 9.39. The first-order valence-corrected chi connectivity index (χ1v) is 8.03. The van der Waals surface area contributed by atoms with Crippen LogP contribution in [0.2, 0.25) is 0 Å². The Kier molecular flexibility index (Phi) is 4.80. The highest BCUT2D eigenvalue weighted by Crippen LogP contribution is 2.23. The number of morpholine rings is 1. The van der Waals surface area contributed by atoms with Gasteiger partial charge < -0.3 is 19.6 Å². The molecule has 0 aromatic rings.